The average Bonchev–Trinajstić information content (AvgIpc) is 3.10. The Bertz CT molecular complexity index is 900. The van der Waals surface area contributed by atoms with Crippen LogP contribution < -0.4 is 0 Å². The predicted molar refractivity (Wildman–Crippen MR) is 100 cm³/mol. The zero-order valence-electron chi connectivity index (χ0n) is 15.5. The lowest BCUT2D eigenvalue weighted by Gasteiger charge is -2.50. The molecular formula is C20H21ClF3N3O. The van der Waals surface area contributed by atoms with E-state index in [4.69, 9.17) is 11.6 Å². The Hall–Kier alpha value is -1.99. The summed E-state index contributed by atoms with van der Waals surface area (Å²) in [5.41, 5.74) is 0.159. The van der Waals surface area contributed by atoms with E-state index in [1.807, 2.05) is 7.05 Å². The van der Waals surface area contributed by atoms with Gasteiger partial charge in [-0.25, -0.2) is 0 Å². The van der Waals surface area contributed by atoms with Gasteiger partial charge < -0.3 is 9.47 Å². The molecule has 1 fully saturated rings. The molecule has 28 heavy (non-hydrogen) atoms. The summed E-state index contributed by atoms with van der Waals surface area (Å²) in [7, 11) is 1.96. The summed E-state index contributed by atoms with van der Waals surface area (Å²) < 4.78 is 41.5. The standard InChI is InChI=1S/C20H21ClF3N3O/c1-25-11-12-27-16(5-6-17(27)20(22,23)24)19(25)7-9-26(10-8-19)18(28)14-3-2-4-15(21)13-14/h2-6,13H,7-12H2,1H3. The smallest absolute Gasteiger partial charge is 0.338 e. The Morgan fingerprint density at radius 1 is 1.07 bits per heavy atom. The van der Waals surface area contributed by atoms with Gasteiger partial charge in [0, 0.05) is 42.5 Å². The van der Waals surface area contributed by atoms with Gasteiger partial charge in [-0.1, -0.05) is 17.7 Å². The van der Waals surface area contributed by atoms with Crippen LogP contribution in [0.15, 0.2) is 36.4 Å². The van der Waals surface area contributed by atoms with Crippen molar-refractivity contribution in [2.24, 2.45) is 0 Å². The monoisotopic (exact) mass is 411 g/mol. The summed E-state index contributed by atoms with van der Waals surface area (Å²) in [6.07, 6.45) is -3.17. The number of likely N-dealkylation sites (N-methyl/N-ethyl adjacent to an activating group) is 1. The Balaban J connectivity index is 1.59. The number of hydrogen-bond donors (Lipinski definition) is 0. The maximum atomic E-state index is 13.4. The highest BCUT2D eigenvalue weighted by Gasteiger charge is 2.47. The van der Waals surface area contributed by atoms with Gasteiger partial charge in [0.2, 0.25) is 0 Å². The van der Waals surface area contributed by atoms with Crippen molar-refractivity contribution in [2.45, 2.75) is 31.1 Å². The number of piperidine rings is 1. The Kier molecular flexibility index (Phi) is 4.70. The summed E-state index contributed by atoms with van der Waals surface area (Å²) in [5.74, 6) is -0.0952. The number of carbonyl (C=O) groups is 1. The lowest BCUT2D eigenvalue weighted by molar-refractivity contribution is -0.144. The highest BCUT2D eigenvalue weighted by molar-refractivity contribution is 6.30. The molecule has 3 heterocycles. The Morgan fingerprint density at radius 3 is 2.43 bits per heavy atom. The molecule has 0 unspecified atom stereocenters. The maximum Gasteiger partial charge on any atom is 0.431 e. The molecule has 4 rings (SSSR count). The summed E-state index contributed by atoms with van der Waals surface area (Å²) in [6, 6.07) is 9.61. The van der Waals surface area contributed by atoms with Crippen molar-refractivity contribution in [3.63, 3.8) is 0 Å². The molecule has 0 radical (unpaired) electrons. The van der Waals surface area contributed by atoms with Gasteiger partial charge in [-0.05, 0) is 50.2 Å². The number of rotatable bonds is 1. The van der Waals surface area contributed by atoms with Crippen LogP contribution in [0.25, 0.3) is 0 Å². The van der Waals surface area contributed by atoms with Crippen molar-refractivity contribution >= 4 is 17.5 Å². The Morgan fingerprint density at radius 2 is 1.79 bits per heavy atom. The fraction of sp³-hybridized carbons (Fsp3) is 0.450. The molecule has 1 aromatic carbocycles. The van der Waals surface area contributed by atoms with Crippen LogP contribution in [0.3, 0.4) is 0 Å². The number of alkyl halides is 3. The lowest BCUT2D eigenvalue weighted by Crippen LogP contribution is -2.56. The third-order valence-corrected chi connectivity index (χ3v) is 6.32. The molecule has 1 aromatic heterocycles. The molecule has 0 aliphatic carbocycles. The number of amides is 1. The SMILES string of the molecule is CN1CCn2c(C(F)(F)F)ccc2C12CCN(C(=O)c1cccc(Cl)c1)CC2. The fourth-order valence-corrected chi connectivity index (χ4v) is 4.73. The average molecular weight is 412 g/mol. The van der Waals surface area contributed by atoms with Crippen molar-refractivity contribution in [3.8, 4) is 0 Å². The fourth-order valence-electron chi connectivity index (χ4n) is 4.54. The van der Waals surface area contributed by atoms with Crippen LogP contribution in [0.5, 0.6) is 0 Å². The van der Waals surface area contributed by atoms with E-state index in [-0.39, 0.29) is 5.91 Å². The minimum absolute atomic E-state index is 0.0952. The predicted octanol–water partition coefficient (Wildman–Crippen LogP) is 4.24. The Labute approximate surface area is 166 Å². The second-order valence-corrected chi connectivity index (χ2v) is 7.95. The van der Waals surface area contributed by atoms with E-state index >= 15 is 0 Å². The molecule has 1 saturated heterocycles. The van der Waals surface area contributed by atoms with Crippen LogP contribution in [0, 0.1) is 0 Å². The molecule has 0 saturated carbocycles. The number of fused-ring (bicyclic) bond motifs is 2. The van der Waals surface area contributed by atoms with E-state index in [2.05, 4.69) is 4.90 Å². The molecule has 2 aromatic rings. The molecular weight excluding hydrogens is 391 g/mol. The number of benzene rings is 1. The molecule has 4 nitrogen and oxygen atoms in total. The van der Waals surface area contributed by atoms with Crippen molar-refractivity contribution < 1.29 is 18.0 Å². The second-order valence-electron chi connectivity index (χ2n) is 7.51. The maximum absolute atomic E-state index is 13.4. The molecule has 2 aliphatic heterocycles. The molecule has 0 atom stereocenters. The van der Waals surface area contributed by atoms with Crippen LogP contribution in [0.2, 0.25) is 5.02 Å². The molecule has 150 valence electrons. The third-order valence-electron chi connectivity index (χ3n) is 6.09. The first-order valence-electron chi connectivity index (χ1n) is 9.26. The largest absolute Gasteiger partial charge is 0.431 e. The third kappa shape index (κ3) is 3.10. The van der Waals surface area contributed by atoms with E-state index in [1.165, 1.54) is 10.6 Å². The van der Waals surface area contributed by atoms with Crippen LogP contribution in [0.4, 0.5) is 13.2 Å². The molecule has 0 N–H and O–H groups in total. The van der Waals surface area contributed by atoms with Crippen LogP contribution in [0.1, 0.15) is 34.6 Å². The van der Waals surface area contributed by atoms with Crippen LogP contribution >= 0.6 is 11.6 Å². The van der Waals surface area contributed by atoms with Crippen LogP contribution in [-0.4, -0.2) is 47.0 Å². The van der Waals surface area contributed by atoms with E-state index in [0.29, 0.717) is 55.3 Å². The summed E-state index contributed by atoms with van der Waals surface area (Å²) in [5, 5.41) is 0.504. The molecule has 2 aliphatic rings. The molecule has 8 heteroatoms. The van der Waals surface area contributed by atoms with Gasteiger partial charge in [-0.15, -0.1) is 0 Å². The number of carbonyl (C=O) groups excluding carboxylic acids is 1. The van der Waals surface area contributed by atoms with Gasteiger partial charge in [0.1, 0.15) is 5.69 Å². The van der Waals surface area contributed by atoms with E-state index in [1.54, 1.807) is 35.2 Å². The van der Waals surface area contributed by atoms with Crippen molar-refractivity contribution in [2.75, 3.05) is 26.7 Å². The zero-order valence-corrected chi connectivity index (χ0v) is 16.2. The van der Waals surface area contributed by atoms with Crippen molar-refractivity contribution in [3.05, 3.63) is 58.4 Å². The minimum atomic E-state index is -4.36. The van der Waals surface area contributed by atoms with Crippen LogP contribution in [-0.2, 0) is 18.3 Å². The summed E-state index contributed by atoms with van der Waals surface area (Å²) in [4.78, 5) is 16.7. The van der Waals surface area contributed by atoms with Gasteiger partial charge in [0.15, 0.2) is 0 Å². The molecule has 0 bridgehead atoms. The number of aromatic nitrogens is 1. The minimum Gasteiger partial charge on any atom is -0.338 e. The highest BCUT2D eigenvalue weighted by atomic mass is 35.5. The second kappa shape index (κ2) is 6.81. The van der Waals surface area contributed by atoms with E-state index < -0.39 is 17.4 Å². The van der Waals surface area contributed by atoms with E-state index in [9.17, 15) is 18.0 Å². The van der Waals surface area contributed by atoms with Crippen molar-refractivity contribution in [1.29, 1.82) is 0 Å². The summed E-state index contributed by atoms with van der Waals surface area (Å²) >= 11 is 5.99. The first-order valence-corrected chi connectivity index (χ1v) is 9.63. The summed E-state index contributed by atoms with van der Waals surface area (Å²) in [6.45, 7) is 1.85. The first kappa shape index (κ1) is 19.3. The zero-order chi connectivity index (χ0) is 20.1. The quantitative estimate of drug-likeness (QED) is 0.702. The van der Waals surface area contributed by atoms with Gasteiger partial charge in [0.25, 0.3) is 5.91 Å². The van der Waals surface area contributed by atoms with Gasteiger partial charge in [-0.3, -0.25) is 9.69 Å². The number of hydrogen-bond acceptors (Lipinski definition) is 2. The first-order chi connectivity index (χ1) is 13.2. The van der Waals surface area contributed by atoms with Gasteiger partial charge in [0.05, 0.1) is 5.54 Å². The van der Waals surface area contributed by atoms with E-state index in [0.717, 1.165) is 0 Å². The number of nitrogens with zero attached hydrogens (tertiary/aromatic N) is 3. The normalized spacial score (nSPS) is 19.7. The molecule has 1 amide bonds. The molecule has 1 spiro atoms. The lowest BCUT2D eigenvalue weighted by atomic mass is 9.81. The number of halogens is 4. The van der Waals surface area contributed by atoms with Gasteiger partial charge >= 0.3 is 6.18 Å². The van der Waals surface area contributed by atoms with Gasteiger partial charge in [-0.2, -0.15) is 13.2 Å². The van der Waals surface area contributed by atoms with Crippen molar-refractivity contribution in [1.82, 2.24) is 14.4 Å². The number of likely N-dealkylation sites (tertiary alicyclic amines) is 1. The topological polar surface area (TPSA) is 28.5 Å². The highest BCUT2D eigenvalue weighted by Crippen LogP contribution is 2.44.